The highest BCUT2D eigenvalue weighted by atomic mass is 32.2. The van der Waals surface area contributed by atoms with Gasteiger partial charge in [0.05, 0.1) is 4.90 Å². The summed E-state index contributed by atoms with van der Waals surface area (Å²) in [4.78, 5) is 28.9. The van der Waals surface area contributed by atoms with Gasteiger partial charge in [0.2, 0.25) is 21.8 Å². The molecule has 0 bridgehead atoms. The first-order valence-electron chi connectivity index (χ1n) is 12.9. The molecular formula is C30H37N3O4S. The SMILES string of the molecule is CC(C)NC(=O)[C@H](Cc1ccccc1)N(Cc1ccccc1)C(=O)CCCN(C)S(=O)(=O)c1ccccc1. The molecule has 0 saturated heterocycles. The third-order valence-electron chi connectivity index (χ3n) is 6.21. The number of benzene rings is 3. The lowest BCUT2D eigenvalue weighted by molar-refractivity contribution is -0.141. The van der Waals surface area contributed by atoms with Crippen molar-refractivity contribution in [3.63, 3.8) is 0 Å². The van der Waals surface area contributed by atoms with E-state index in [4.69, 9.17) is 0 Å². The molecule has 0 aliphatic rings. The Morgan fingerprint density at radius 2 is 1.34 bits per heavy atom. The predicted octanol–water partition coefficient (Wildman–Crippen LogP) is 4.25. The van der Waals surface area contributed by atoms with E-state index in [2.05, 4.69) is 5.32 Å². The zero-order valence-electron chi connectivity index (χ0n) is 22.3. The number of rotatable bonds is 13. The molecule has 0 aromatic heterocycles. The first-order valence-corrected chi connectivity index (χ1v) is 14.3. The smallest absolute Gasteiger partial charge is 0.243 e. The van der Waals surface area contributed by atoms with E-state index in [1.807, 2.05) is 74.5 Å². The molecule has 8 heteroatoms. The summed E-state index contributed by atoms with van der Waals surface area (Å²) < 4.78 is 27.0. The minimum Gasteiger partial charge on any atom is -0.352 e. The minimum atomic E-state index is -3.65. The molecule has 1 atom stereocenters. The molecule has 2 amide bonds. The zero-order chi connectivity index (χ0) is 27.5. The number of carbonyl (C=O) groups is 2. The highest BCUT2D eigenvalue weighted by Gasteiger charge is 2.31. The van der Waals surface area contributed by atoms with Gasteiger partial charge in [-0.2, -0.15) is 0 Å². The third-order valence-corrected chi connectivity index (χ3v) is 8.08. The predicted molar refractivity (Wildman–Crippen MR) is 150 cm³/mol. The fraction of sp³-hybridized carbons (Fsp3) is 0.333. The molecule has 3 aromatic rings. The van der Waals surface area contributed by atoms with Crippen molar-refractivity contribution in [2.45, 2.75) is 56.6 Å². The average Bonchev–Trinajstić information content (AvgIpc) is 2.91. The Balaban J connectivity index is 1.79. The van der Waals surface area contributed by atoms with Gasteiger partial charge >= 0.3 is 0 Å². The van der Waals surface area contributed by atoms with Crippen LogP contribution in [0.5, 0.6) is 0 Å². The highest BCUT2D eigenvalue weighted by Crippen LogP contribution is 2.18. The second-order valence-electron chi connectivity index (χ2n) is 9.62. The van der Waals surface area contributed by atoms with Crippen LogP contribution in [-0.2, 0) is 32.6 Å². The average molecular weight is 536 g/mol. The lowest BCUT2D eigenvalue weighted by Gasteiger charge is -2.32. The number of hydrogen-bond acceptors (Lipinski definition) is 4. The van der Waals surface area contributed by atoms with Crippen LogP contribution in [0.15, 0.2) is 95.9 Å². The summed E-state index contributed by atoms with van der Waals surface area (Å²) in [5.41, 5.74) is 1.87. The number of sulfonamides is 1. The largest absolute Gasteiger partial charge is 0.352 e. The lowest BCUT2D eigenvalue weighted by atomic mass is 10.0. The molecule has 3 aromatic carbocycles. The summed E-state index contributed by atoms with van der Waals surface area (Å²) in [6, 6.07) is 26.7. The monoisotopic (exact) mass is 535 g/mol. The van der Waals surface area contributed by atoms with E-state index in [0.717, 1.165) is 11.1 Å². The Morgan fingerprint density at radius 3 is 1.89 bits per heavy atom. The quantitative estimate of drug-likeness (QED) is 0.355. The number of amides is 2. The topological polar surface area (TPSA) is 86.8 Å². The Bertz CT molecular complexity index is 1270. The van der Waals surface area contributed by atoms with Gasteiger partial charge in [-0.1, -0.05) is 78.9 Å². The van der Waals surface area contributed by atoms with Crippen molar-refractivity contribution in [2.75, 3.05) is 13.6 Å². The molecule has 38 heavy (non-hydrogen) atoms. The molecule has 0 fully saturated rings. The molecule has 0 saturated carbocycles. The molecule has 202 valence electrons. The van der Waals surface area contributed by atoms with Crippen LogP contribution < -0.4 is 5.32 Å². The normalized spacial score (nSPS) is 12.3. The maximum absolute atomic E-state index is 13.6. The number of hydrogen-bond donors (Lipinski definition) is 1. The van der Waals surface area contributed by atoms with E-state index < -0.39 is 16.1 Å². The lowest BCUT2D eigenvalue weighted by Crippen LogP contribution is -2.51. The number of carbonyl (C=O) groups excluding carboxylic acids is 2. The van der Waals surface area contributed by atoms with Crippen molar-refractivity contribution in [1.29, 1.82) is 0 Å². The van der Waals surface area contributed by atoms with Crippen LogP contribution in [0.1, 0.15) is 37.8 Å². The summed E-state index contributed by atoms with van der Waals surface area (Å²) in [5.74, 6) is -0.406. The second-order valence-corrected chi connectivity index (χ2v) is 11.7. The fourth-order valence-corrected chi connectivity index (χ4v) is 5.43. The third kappa shape index (κ3) is 8.26. The first-order chi connectivity index (χ1) is 18.2. The van der Waals surface area contributed by atoms with E-state index >= 15 is 0 Å². The number of nitrogens with one attached hydrogen (secondary N) is 1. The first kappa shape index (κ1) is 29.1. The number of nitrogens with zero attached hydrogens (tertiary/aromatic N) is 2. The van der Waals surface area contributed by atoms with Gasteiger partial charge in [-0.05, 0) is 43.5 Å². The standard InChI is InChI=1S/C30H37N3O4S/c1-24(2)31-30(35)28(22-25-14-7-4-8-15-25)33(23-26-16-9-5-10-17-26)29(34)20-13-21-32(3)38(36,37)27-18-11-6-12-19-27/h4-12,14-19,24,28H,13,20-23H2,1-3H3,(H,31,35)/t28-/m0/s1. The van der Waals surface area contributed by atoms with Crippen molar-refractivity contribution in [3.8, 4) is 0 Å². The fourth-order valence-electron chi connectivity index (χ4n) is 4.20. The van der Waals surface area contributed by atoms with Crippen molar-refractivity contribution in [1.82, 2.24) is 14.5 Å². The van der Waals surface area contributed by atoms with E-state index in [0.29, 0.717) is 12.8 Å². The van der Waals surface area contributed by atoms with Gasteiger partial charge in [0.15, 0.2) is 0 Å². The summed E-state index contributed by atoms with van der Waals surface area (Å²) >= 11 is 0. The molecule has 0 aliphatic heterocycles. The maximum Gasteiger partial charge on any atom is 0.243 e. The molecule has 7 nitrogen and oxygen atoms in total. The van der Waals surface area contributed by atoms with Crippen LogP contribution in [-0.4, -0.2) is 55.1 Å². The molecule has 0 spiro atoms. The highest BCUT2D eigenvalue weighted by molar-refractivity contribution is 7.89. The molecular weight excluding hydrogens is 498 g/mol. The molecule has 0 radical (unpaired) electrons. The zero-order valence-corrected chi connectivity index (χ0v) is 23.1. The van der Waals surface area contributed by atoms with Crippen molar-refractivity contribution < 1.29 is 18.0 Å². The van der Waals surface area contributed by atoms with Crippen LogP contribution in [0.3, 0.4) is 0 Å². The van der Waals surface area contributed by atoms with Crippen LogP contribution in [0.25, 0.3) is 0 Å². The minimum absolute atomic E-state index is 0.0775. The van der Waals surface area contributed by atoms with Crippen LogP contribution in [0.4, 0.5) is 0 Å². The maximum atomic E-state index is 13.6. The Labute approximate surface area is 226 Å². The molecule has 3 rings (SSSR count). The van der Waals surface area contributed by atoms with Gasteiger partial charge < -0.3 is 10.2 Å². The molecule has 0 unspecified atom stereocenters. The van der Waals surface area contributed by atoms with Gasteiger partial charge in [-0.15, -0.1) is 0 Å². The van der Waals surface area contributed by atoms with Crippen molar-refractivity contribution in [3.05, 3.63) is 102 Å². The van der Waals surface area contributed by atoms with Crippen molar-refractivity contribution in [2.24, 2.45) is 0 Å². The van der Waals surface area contributed by atoms with Gasteiger partial charge in [0.1, 0.15) is 6.04 Å². The van der Waals surface area contributed by atoms with E-state index in [1.54, 1.807) is 35.2 Å². The Kier molecular flexibility index (Phi) is 10.6. The second kappa shape index (κ2) is 13.9. The summed E-state index contributed by atoms with van der Waals surface area (Å²) in [7, 11) is -2.13. The summed E-state index contributed by atoms with van der Waals surface area (Å²) in [6.45, 7) is 4.25. The van der Waals surface area contributed by atoms with Crippen LogP contribution >= 0.6 is 0 Å². The van der Waals surface area contributed by atoms with Gasteiger partial charge in [0.25, 0.3) is 0 Å². The van der Waals surface area contributed by atoms with Gasteiger partial charge in [-0.3, -0.25) is 9.59 Å². The molecule has 0 heterocycles. The molecule has 1 N–H and O–H groups in total. The van der Waals surface area contributed by atoms with E-state index in [9.17, 15) is 18.0 Å². The Morgan fingerprint density at radius 1 is 0.816 bits per heavy atom. The van der Waals surface area contributed by atoms with Gasteiger partial charge in [0, 0.05) is 39.0 Å². The summed E-state index contributed by atoms with van der Waals surface area (Å²) in [6.07, 6.45) is 0.818. The van der Waals surface area contributed by atoms with Crippen molar-refractivity contribution >= 4 is 21.8 Å². The molecule has 0 aliphatic carbocycles. The Hall–Kier alpha value is -3.49. The van der Waals surface area contributed by atoms with Crippen LogP contribution in [0.2, 0.25) is 0 Å². The van der Waals surface area contributed by atoms with Gasteiger partial charge in [-0.25, -0.2) is 12.7 Å². The van der Waals surface area contributed by atoms with E-state index in [-0.39, 0.29) is 42.3 Å². The van der Waals surface area contributed by atoms with E-state index in [1.165, 1.54) is 11.4 Å². The van der Waals surface area contributed by atoms with Crippen LogP contribution in [0, 0.1) is 0 Å². The summed E-state index contributed by atoms with van der Waals surface area (Å²) in [5, 5.41) is 2.98.